The molecule has 5 nitrogen and oxygen atoms in total. The molecule has 0 saturated carbocycles. The number of nitrogens with one attached hydrogen (secondary N) is 2. The lowest BCUT2D eigenvalue weighted by atomic mass is 10.1. The van der Waals surface area contributed by atoms with Crippen molar-refractivity contribution in [2.75, 3.05) is 11.1 Å². The van der Waals surface area contributed by atoms with Crippen LogP contribution in [0.25, 0.3) is 0 Å². The van der Waals surface area contributed by atoms with E-state index in [1.54, 1.807) is 36.3 Å². The van der Waals surface area contributed by atoms with Crippen LogP contribution in [0.3, 0.4) is 0 Å². The van der Waals surface area contributed by atoms with Gasteiger partial charge in [0.1, 0.15) is 0 Å². The number of carbonyl (C=O) groups is 2. The van der Waals surface area contributed by atoms with Gasteiger partial charge < -0.3 is 10.6 Å². The summed E-state index contributed by atoms with van der Waals surface area (Å²) in [5.74, 6) is 0.437. The Morgan fingerprint density at radius 3 is 2.52 bits per heavy atom. The molecule has 0 spiro atoms. The molecule has 0 bridgehead atoms. The topological polar surface area (TPSA) is 71.1 Å². The normalized spacial score (nSPS) is 11.5. The van der Waals surface area contributed by atoms with E-state index in [1.165, 1.54) is 0 Å². The van der Waals surface area contributed by atoms with Crippen LogP contribution in [0, 0.1) is 5.92 Å². The molecular formula is C23H23N3O2S. The van der Waals surface area contributed by atoms with Gasteiger partial charge in [-0.15, -0.1) is 11.8 Å². The lowest BCUT2D eigenvalue weighted by Gasteiger charge is -2.13. The monoisotopic (exact) mass is 405 g/mol. The fourth-order valence-electron chi connectivity index (χ4n) is 2.64. The van der Waals surface area contributed by atoms with Gasteiger partial charge in [0.2, 0.25) is 5.91 Å². The zero-order valence-electron chi connectivity index (χ0n) is 16.2. The van der Waals surface area contributed by atoms with Crippen LogP contribution in [0.2, 0.25) is 0 Å². The van der Waals surface area contributed by atoms with Gasteiger partial charge in [0, 0.05) is 46.8 Å². The van der Waals surface area contributed by atoms with Crippen molar-refractivity contribution in [2.45, 2.75) is 18.4 Å². The molecule has 6 heteroatoms. The van der Waals surface area contributed by atoms with Crippen molar-refractivity contribution < 1.29 is 9.59 Å². The predicted octanol–water partition coefficient (Wildman–Crippen LogP) is 4.38. The van der Waals surface area contributed by atoms with Crippen molar-refractivity contribution in [3.8, 4) is 0 Å². The Kier molecular flexibility index (Phi) is 7.41. The largest absolute Gasteiger partial charge is 0.352 e. The number of nitrogens with zero attached hydrogens (tertiary/aromatic N) is 1. The molecule has 1 aromatic heterocycles. The average Bonchev–Trinajstić information content (AvgIpc) is 2.77. The lowest BCUT2D eigenvalue weighted by molar-refractivity contribution is -0.124. The molecule has 1 heterocycles. The standard InChI is InChI=1S/C23H23N3O2S/c1-17(16-29-21-8-3-2-4-9-21)22(27)25-15-18-6-5-7-20(14-18)26-23(28)19-10-12-24-13-11-19/h2-14,17H,15-16H2,1H3,(H,25,27)(H,26,28). The quantitative estimate of drug-likeness (QED) is 0.546. The third-order valence-electron chi connectivity index (χ3n) is 4.28. The molecule has 2 N–H and O–H groups in total. The van der Waals surface area contributed by atoms with Gasteiger partial charge in [-0.3, -0.25) is 14.6 Å². The zero-order valence-corrected chi connectivity index (χ0v) is 17.0. The van der Waals surface area contributed by atoms with Crippen LogP contribution in [-0.2, 0) is 11.3 Å². The molecule has 2 aromatic carbocycles. The number of amides is 2. The molecule has 2 amide bonds. The van der Waals surface area contributed by atoms with Crippen LogP contribution in [0.15, 0.2) is 84.0 Å². The zero-order chi connectivity index (χ0) is 20.5. The second-order valence-electron chi connectivity index (χ2n) is 6.63. The van der Waals surface area contributed by atoms with Crippen LogP contribution in [0.4, 0.5) is 5.69 Å². The summed E-state index contributed by atoms with van der Waals surface area (Å²) >= 11 is 1.67. The molecule has 1 atom stereocenters. The van der Waals surface area contributed by atoms with Crippen LogP contribution in [-0.4, -0.2) is 22.6 Å². The van der Waals surface area contributed by atoms with Crippen LogP contribution < -0.4 is 10.6 Å². The predicted molar refractivity (Wildman–Crippen MR) is 117 cm³/mol. The van der Waals surface area contributed by atoms with Crippen molar-refractivity contribution in [2.24, 2.45) is 5.92 Å². The number of hydrogen-bond acceptors (Lipinski definition) is 4. The van der Waals surface area contributed by atoms with E-state index < -0.39 is 0 Å². The van der Waals surface area contributed by atoms with Crippen molar-refractivity contribution >= 4 is 29.3 Å². The SMILES string of the molecule is CC(CSc1ccccc1)C(=O)NCc1cccc(NC(=O)c2ccncc2)c1. The summed E-state index contributed by atoms with van der Waals surface area (Å²) in [6, 6.07) is 20.8. The first kappa shape index (κ1) is 20.6. The molecule has 0 fully saturated rings. The number of carbonyl (C=O) groups excluding carboxylic acids is 2. The van der Waals surface area contributed by atoms with Gasteiger partial charge in [-0.1, -0.05) is 37.3 Å². The third kappa shape index (κ3) is 6.47. The van der Waals surface area contributed by atoms with Gasteiger partial charge in [-0.25, -0.2) is 0 Å². The molecular weight excluding hydrogens is 382 g/mol. The molecule has 0 aliphatic carbocycles. The summed E-state index contributed by atoms with van der Waals surface area (Å²) < 4.78 is 0. The van der Waals surface area contributed by atoms with E-state index in [2.05, 4.69) is 15.6 Å². The van der Waals surface area contributed by atoms with Crippen molar-refractivity contribution in [1.29, 1.82) is 0 Å². The number of rotatable bonds is 8. The Balaban J connectivity index is 1.49. The van der Waals surface area contributed by atoms with E-state index in [0.29, 0.717) is 17.8 Å². The molecule has 148 valence electrons. The highest BCUT2D eigenvalue weighted by Crippen LogP contribution is 2.20. The Morgan fingerprint density at radius 2 is 1.76 bits per heavy atom. The van der Waals surface area contributed by atoms with Crippen LogP contribution in [0.1, 0.15) is 22.8 Å². The fraction of sp³-hybridized carbons (Fsp3) is 0.174. The first-order valence-corrected chi connectivity index (χ1v) is 10.4. The second-order valence-corrected chi connectivity index (χ2v) is 7.73. The summed E-state index contributed by atoms with van der Waals surface area (Å²) in [5.41, 5.74) is 2.16. The third-order valence-corrected chi connectivity index (χ3v) is 5.56. The minimum atomic E-state index is -0.194. The van der Waals surface area contributed by atoms with E-state index in [9.17, 15) is 9.59 Å². The number of benzene rings is 2. The first-order chi connectivity index (χ1) is 14.1. The maximum atomic E-state index is 12.4. The average molecular weight is 406 g/mol. The van der Waals surface area contributed by atoms with Gasteiger partial charge >= 0.3 is 0 Å². The number of pyridine rings is 1. The fourth-order valence-corrected chi connectivity index (χ4v) is 3.59. The minimum absolute atomic E-state index is 0.0136. The van der Waals surface area contributed by atoms with E-state index in [0.717, 1.165) is 16.2 Å². The maximum absolute atomic E-state index is 12.4. The first-order valence-electron chi connectivity index (χ1n) is 9.37. The van der Waals surface area contributed by atoms with Crippen molar-refractivity contribution in [3.63, 3.8) is 0 Å². The molecule has 3 rings (SSSR count). The highest BCUT2D eigenvalue weighted by molar-refractivity contribution is 7.99. The van der Waals surface area contributed by atoms with Gasteiger partial charge in [0.15, 0.2) is 0 Å². The summed E-state index contributed by atoms with van der Waals surface area (Å²) in [6.07, 6.45) is 3.16. The van der Waals surface area contributed by atoms with E-state index in [-0.39, 0.29) is 17.7 Å². The smallest absolute Gasteiger partial charge is 0.255 e. The number of anilines is 1. The molecule has 1 unspecified atom stereocenters. The van der Waals surface area contributed by atoms with Gasteiger partial charge in [0.25, 0.3) is 5.91 Å². The molecule has 3 aromatic rings. The van der Waals surface area contributed by atoms with Crippen molar-refractivity contribution in [1.82, 2.24) is 10.3 Å². The number of aromatic nitrogens is 1. The van der Waals surface area contributed by atoms with Gasteiger partial charge in [0.05, 0.1) is 0 Å². The Bertz CT molecular complexity index is 949. The van der Waals surface area contributed by atoms with Gasteiger partial charge in [-0.2, -0.15) is 0 Å². The minimum Gasteiger partial charge on any atom is -0.352 e. The van der Waals surface area contributed by atoms with E-state index >= 15 is 0 Å². The van der Waals surface area contributed by atoms with E-state index in [4.69, 9.17) is 0 Å². The summed E-state index contributed by atoms with van der Waals surface area (Å²) in [6.45, 7) is 2.34. The lowest BCUT2D eigenvalue weighted by Crippen LogP contribution is -2.30. The molecule has 0 saturated heterocycles. The van der Waals surface area contributed by atoms with E-state index in [1.807, 2.05) is 61.5 Å². The second kappa shape index (κ2) is 10.4. The molecule has 0 radical (unpaired) electrons. The Hall–Kier alpha value is -3.12. The maximum Gasteiger partial charge on any atom is 0.255 e. The summed E-state index contributed by atoms with van der Waals surface area (Å²) in [5, 5.41) is 5.84. The highest BCUT2D eigenvalue weighted by Gasteiger charge is 2.13. The summed E-state index contributed by atoms with van der Waals surface area (Å²) in [7, 11) is 0. The molecule has 0 aliphatic heterocycles. The van der Waals surface area contributed by atoms with Crippen molar-refractivity contribution in [3.05, 3.63) is 90.3 Å². The number of thioether (sulfide) groups is 1. The van der Waals surface area contributed by atoms with Crippen LogP contribution >= 0.6 is 11.8 Å². The Morgan fingerprint density at radius 1 is 1.00 bits per heavy atom. The van der Waals surface area contributed by atoms with Crippen LogP contribution in [0.5, 0.6) is 0 Å². The number of hydrogen-bond donors (Lipinski definition) is 2. The molecule has 29 heavy (non-hydrogen) atoms. The summed E-state index contributed by atoms with van der Waals surface area (Å²) in [4.78, 5) is 29.7. The molecule has 0 aliphatic rings. The Labute approximate surface area is 175 Å². The highest BCUT2D eigenvalue weighted by atomic mass is 32.2. The van der Waals surface area contributed by atoms with Gasteiger partial charge in [-0.05, 0) is 42.0 Å².